The van der Waals surface area contributed by atoms with Gasteiger partial charge in [0.2, 0.25) is 11.8 Å². The van der Waals surface area contributed by atoms with Gasteiger partial charge >= 0.3 is 0 Å². The highest BCUT2D eigenvalue weighted by atomic mass is 16.5. The Labute approximate surface area is 314 Å². The molecule has 9 rings (SSSR count). The Morgan fingerprint density at radius 3 is 2.54 bits per heavy atom. The van der Waals surface area contributed by atoms with Gasteiger partial charge in [-0.25, -0.2) is 0 Å². The average Bonchev–Trinajstić information content (AvgIpc) is 3.81. The minimum absolute atomic E-state index is 0.0324. The molecule has 1 aromatic heterocycles. The van der Waals surface area contributed by atoms with E-state index < -0.39 is 12.3 Å². The number of carbonyl (C=O) groups is 2. The van der Waals surface area contributed by atoms with Crippen LogP contribution in [0.3, 0.4) is 0 Å². The number of aromatic nitrogens is 1. The van der Waals surface area contributed by atoms with Crippen LogP contribution in [0.2, 0.25) is 0 Å². The van der Waals surface area contributed by atoms with E-state index in [9.17, 15) is 19.5 Å². The SMILES string of the molecule is COc1cc2c(cc1C1C=NN(C3CCN(c4ccc5c(c4)CN(C4CCC(=O)NC4=O)C5O)CC3)C1)CCCN2c1cccc2c1cc(C)c(=O)n2C. The number of nitrogens with zero attached hydrogens (tertiary/aromatic N) is 6. The molecule has 2 N–H and O–H groups in total. The van der Waals surface area contributed by atoms with E-state index in [-0.39, 0.29) is 29.7 Å². The molecule has 3 atom stereocenters. The molecule has 12 heteroatoms. The van der Waals surface area contributed by atoms with E-state index in [2.05, 4.69) is 56.7 Å². The first-order valence-electron chi connectivity index (χ1n) is 19.2. The maximum Gasteiger partial charge on any atom is 0.253 e. The lowest BCUT2D eigenvalue weighted by Gasteiger charge is -2.37. The number of methoxy groups -OCH3 is 1. The summed E-state index contributed by atoms with van der Waals surface area (Å²) in [6.45, 7) is 5.87. The van der Waals surface area contributed by atoms with Crippen LogP contribution in [-0.2, 0) is 29.6 Å². The molecule has 0 aliphatic carbocycles. The van der Waals surface area contributed by atoms with Crippen molar-refractivity contribution in [2.75, 3.05) is 43.1 Å². The fraction of sp³-hybridized carbons (Fsp3) is 0.429. The van der Waals surface area contributed by atoms with Crippen LogP contribution in [0.25, 0.3) is 10.9 Å². The Bertz CT molecular complexity index is 2260. The molecule has 3 aromatic carbocycles. The van der Waals surface area contributed by atoms with Crippen LogP contribution < -0.4 is 25.4 Å². The second-order valence-electron chi connectivity index (χ2n) is 15.5. The van der Waals surface area contributed by atoms with Gasteiger partial charge in [0.1, 0.15) is 12.0 Å². The molecule has 12 nitrogen and oxygen atoms in total. The second kappa shape index (κ2) is 13.6. The summed E-state index contributed by atoms with van der Waals surface area (Å²) >= 11 is 0. The zero-order valence-electron chi connectivity index (χ0n) is 31.1. The van der Waals surface area contributed by atoms with Crippen molar-refractivity contribution in [2.24, 2.45) is 12.1 Å². The maximum atomic E-state index is 12.7. The van der Waals surface area contributed by atoms with Crippen LogP contribution in [0.1, 0.15) is 72.1 Å². The molecule has 0 radical (unpaired) electrons. The first-order chi connectivity index (χ1) is 26.2. The van der Waals surface area contributed by atoms with E-state index in [4.69, 9.17) is 9.84 Å². The van der Waals surface area contributed by atoms with Gasteiger partial charge in [-0.2, -0.15) is 5.10 Å². The lowest BCUT2D eigenvalue weighted by molar-refractivity contribution is -0.141. The van der Waals surface area contributed by atoms with Gasteiger partial charge in [-0.1, -0.05) is 12.1 Å². The normalized spacial score (nSPS) is 23.3. The Hall–Kier alpha value is -5.20. The molecule has 0 spiro atoms. The molecule has 5 aliphatic heterocycles. The standard InChI is InChI=1S/C42H47N7O5/c1-25-18-33-34(45(2)41(25)52)7-4-8-35(33)47-15-5-6-26-20-32(38(54-3)21-37(26)47)28-22-43-49(24-28)29-13-16-46(17-14-29)30-9-10-31-27(19-30)23-48(42(31)53)36-11-12-39(50)44-40(36)51/h4,7-10,18-22,28-29,36,42,53H,5-6,11-17,23-24H2,1-3H3,(H,44,50,51). The number of aliphatic hydroxyl groups is 1. The summed E-state index contributed by atoms with van der Waals surface area (Å²) in [4.78, 5) is 43.5. The van der Waals surface area contributed by atoms with Gasteiger partial charge in [0.25, 0.3) is 5.56 Å². The number of carbonyl (C=O) groups excluding carboxylic acids is 2. The minimum atomic E-state index is -0.858. The Morgan fingerprint density at radius 1 is 0.907 bits per heavy atom. The summed E-state index contributed by atoms with van der Waals surface area (Å²) in [6.07, 6.45) is 5.94. The number of nitrogens with one attached hydrogen (secondary N) is 1. The van der Waals surface area contributed by atoms with Crippen molar-refractivity contribution in [1.82, 2.24) is 19.8 Å². The summed E-state index contributed by atoms with van der Waals surface area (Å²) in [5, 5.41) is 21.8. The number of fused-ring (bicyclic) bond motifs is 3. The van der Waals surface area contributed by atoms with Crippen LogP contribution in [0, 0.1) is 6.92 Å². The predicted molar refractivity (Wildman–Crippen MR) is 209 cm³/mol. The largest absolute Gasteiger partial charge is 0.496 e. The lowest BCUT2D eigenvalue weighted by atomic mass is 9.91. The van der Waals surface area contributed by atoms with Crippen molar-refractivity contribution >= 4 is 46.0 Å². The van der Waals surface area contributed by atoms with Gasteiger partial charge in [0.05, 0.1) is 30.4 Å². The molecule has 280 valence electrons. The average molecular weight is 730 g/mol. The number of benzene rings is 3. The van der Waals surface area contributed by atoms with E-state index in [0.717, 1.165) is 102 Å². The van der Waals surface area contributed by atoms with Gasteiger partial charge in [0, 0.05) is 97.8 Å². The number of rotatable bonds is 6. The molecular formula is C42H47N7O5. The summed E-state index contributed by atoms with van der Waals surface area (Å²) in [5.41, 5.74) is 9.42. The Morgan fingerprint density at radius 2 is 1.74 bits per heavy atom. The monoisotopic (exact) mass is 729 g/mol. The molecule has 5 aliphatic rings. The maximum absolute atomic E-state index is 12.7. The first-order valence-corrected chi connectivity index (χ1v) is 19.2. The van der Waals surface area contributed by atoms with E-state index in [1.165, 1.54) is 11.1 Å². The van der Waals surface area contributed by atoms with E-state index in [1.54, 1.807) is 16.6 Å². The van der Waals surface area contributed by atoms with Crippen molar-refractivity contribution in [2.45, 2.75) is 76.2 Å². The number of amides is 2. The van der Waals surface area contributed by atoms with Crippen molar-refractivity contribution in [1.29, 1.82) is 0 Å². The molecule has 54 heavy (non-hydrogen) atoms. The van der Waals surface area contributed by atoms with Crippen molar-refractivity contribution in [3.8, 4) is 5.75 Å². The van der Waals surface area contributed by atoms with Crippen molar-refractivity contribution in [3.05, 3.63) is 92.8 Å². The highest BCUT2D eigenvalue weighted by molar-refractivity contribution is 6.00. The summed E-state index contributed by atoms with van der Waals surface area (Å²) in [6, 6.07) is 18.8. The lowest BCUT2D eigenvalue weighted by Crippen LogP contribution is -2.51. The van der Waals surface area contributed by atoms with Gasteiger partial charge in [-0.05, 0) is 86.6 Å². The molecular weight excluding hydrogens is 683 g/mol. The topological polar surface area (TPSA) is 123 Å². The highest BCUT2D eigenvalue weighted by Crippen LogP contribution is 2.43. The molecule has 6 heterocycles. The fourth-order valence-corrected chi connectivity index (χ4v) is 9.44. The molecule has 0 bridgehead atoms. The van der Waals surface area contributed by atoms with Crippen LogP contribution in [-0.4, -0.2) is 83.0 Å². The Balaban J connectivity index is 0.874. The van der Waals surface area contributed by atoms with Gasteiger partial charge in [-0.3, -0.25) is 29.6 Å². The smallest absolute Gasteiger partial charge is 0.253 e. The highest BCUT2D eigenvalue weighted by Gasteiger charge is 2.40. The van der Waals surface area contributed by atoms with Crippen molar-refractivity contribution in [3.63, 3.8) is 0 Å². The van der Waals surface area contributed by atoms with Crippen LogP contribution >= 0.6 is 0 Å². The minimum Gasteiger partial charge on any atom is -0.496 e. The van der Waals surface area contributed by atoms with Gasteiger partial charge < -0.3 is 24.2 Å². The number of aryl methyl sites for hydroxylation is 3. The number of ether oxygens (including phenoxy) is 1. The van der Waals surface area contributed by atoms with Gasteiger partial charge in [0.15, 0.2) is 0 Å². The first kappa shape index (κ1) is 34.6. The third-order valence-electron chi connectivity index (χ3n) is 12.4. The van der Waals surface area contributed by atoms with Crippen LogP contribution in [0.5, 0.6) is 5.75 Å². The van der Waals surface area contributed by atoms with E-state index in [1.807, 2.05) is 38.2 Å². The van der Waals surface area contributed by atoms with Crippen molar-refractivity contribution < 1.29 is 19.4 Å². The molecule has 2 amide bonds. The predicted octanol–water partition coefficient (Wildman–Crippen LogP) is 4.61. The molecule has 0 saturated carbocycles. The zero-order chi connectivity index (χ0) is 37.2. The fourth-order valence-electron chi connectivity index (χ4n) is 9.44. The molecule has 3 unspecified atom stereocenters. The molecule has 2 saturated heterocycles. The van der Waals surface area contributed by atoms with Crippen LogP contribution in [0.15, 0.2) is 64.5 Å². The van der Waals surface area contributed by atoms with E-state index >= 15 is 0 Å². The zero-order valence-corrected chi connectivity index (χ0v) is 31.1. The number of piperidine rings is 2. The van der Waals surface area contributed by atoms with Crippen LogP contribution in [0.4, 0.5) is 17.1 Å². The molecule has 4 aromatic rings. The van der Waals surface area contributed by atoms with E-state index in [0.29, 0.717) is 19.0 Å². The number of imide groups is 1. The number of hydrogen-bond acceptors (Lipinski definition) is 10. The number of pyridine rings is 1. The third kappa shape index (κ3) is 5.83. The summed E-state index contributed by atoms with van der Waals surface area (Å²) < 4.78 is 7.82. The number of hydrogen-bond donors (Lipinski definition) is 2. The number of aliphatic hydroxyl groups excluding tert-OH is 1. The summed E-state index contributed by atoms with van der Waals surface area (Å²) in [7, 11) is 3.60. The molecule has 2 fully saturated rings. The number of anilines is 3. The third-order valence-corrected chi connectivity index (χ3v) is 12.4. The number of hydrazone groups is 1. The second-order valence-corrected chi connectivity index (χ2v) is 15.5. The Kier molecular flexibility index (Phi) is 8.69. The van der Waals surface area contributed by atoms with Gasteiger partial charge in [-0.15, -0.1) is 0 Å². The quantitative estimate of drug-likeness (QED) is 0.274. The summed E-state index contributed by atoms with van der Waals surface area (Å²) in [5.74, 6) is 0.421.